The van der Waals surface area contributed by atoms with Gasteiger partial charge >= 0.3 is 0 Å². The molecule has 1 heterocycles. The van der Waals surface area contributed by atoms with E-state index in [1.54, 1.807) is 12.1 Å². The summed E-state index contributed by atoms with van der Waals surface area (Å²) in [6, 6.07) is 5.95. The van der Waals surface area contributed by atoms with Crippen LogP contribution in [0.15, 0.2) is 41.1 Å². The van der Waals surface area contributed by atoms with Crippen LogP contribution in [-0.4, -0.2) is 10.1 Å². The Kier molecular flexibility index (Phi) is 3.76. The minimum absolute atomic E-state index is 0.174. The first kappa shape index (κ1) is 12.5. The topological polar surface area (TPSA) is 33.1 Å². The smallest absolute Gasteiger partial charge is 0.129 e. The predicted molar refractivity (Wildman–Crippen MR) is 67.4 cm³/mol. The normalized spacial score (nSPS) is 12.5. The third-order valence-electron chi connectivity index (χ3n) is 2.35. The van der Waals surface area contributed by atoms with Gasteiger partial charge in [-0.2, -0.15) is 0 Å². The fourth-order valence-electron chi connectivity index (χ4n) is 1.50. The average molecular weight is 317 g/mol. The van der Waals surface area contributed by atoms with Gasteiger partial charge in [0.15, 0.2) is 0 Å². The molecule has 1 N–H and O–H groups in total. The van der Waals surface area contributed by atoms with E-state index in [4.69, 9.17) is 11.6 Å². The van der Waals surface area contributed by atoms with E-state index >= 15 is 0 Å². The molecule has 2 rings (SSSR count). The number of nitrogens with zero attached hydrogens (tertiary/aromatic N) is 1. The highest BCUT2D eigenvalue weighted by molar-refractivity contribution is 9.10. The summed E-state index contributed by atoms with van der Waals surface area (Å²) in [6.45, 7) is 0. The number of aromatic nitrogens is 1. The van der Waals surface area contributed by atoms with E-state index in [0.29, 0.717) is 15.1 Å². The fraction of sp³-hybridized carbons (Fsp3) is 0.0833. The molecule has 0 radical (unpaired) electrons. The van der Waals surface area contributed by atoms with Crippen molar-refractivity contribution in [3.05, 3.63) is 63.1 Å². The Morgan fingerprint density at radius 1 is 1.29 bits per heavy atom. The van der Waals surface area contributed by atoms with Crippen LogP contribution >= 0.6 is 27.5 Å². The van der Waals surface area contributed by atoms with Gasteiger partial charge in [0, 0.05) is 28.0 Å². The Morgan fingerprint density at radius 3 is 2.76 bits per heavy atom. The fourth-order valence-corrected chi connectivity index (χ4v) is 2.10. The molecule has 0 spiro atoms. The molecule has 0 saturated carbocycles. The van der Waals surface area contributed by atoms with Crippen molar-refractivity contribution in [2.45, 2.75) is 6.10 Å². The van der Waals surface area contributed by atoms with Gasteiger partial charge in [-0.1, -0.05) is 27.5 Å². The third-order valence-corrected chi connectivity index (χ3v) is 3.16. The van der Waals surface area contributed by atoms with Gasteiger partial charge < -0.3 is 5.11 Å². The van der Waals surface area contributed by atoms with Crippen LogP contribution in [0.1, 0.15) is 17.2 Å². The van der Waals surface area contributed by atoms with Gasteiger partial charge in [0.2, 0.25) is 0 Å². The molecule has 5 heteroatoms. The Bertz CT molecular complexity index is 550. The zero-order chi connectivity index (χ0) is 12.4. The molecular formula is C12H8BrClFNO. The number of hydrogen-bond donors (Lipinski definition) is 1. The second-order valence-corrected chi connectivity index (χ2v) is 4.79. The molecule has 1 atom stereocenters. The summed E-state index contributed by atoms with van der Waals surface area (Å²) in [5.41, 5.74) is 0.603. The van der Waals surface area contributed by atoms with E-state index in [0.717, 1.165) is 0 Å². The van der Waals surface area contributed by atoms with Gasteiger partial charge in [-0.15, -0.1) is 0 Å². The van der Waals surface area contributed by atoms with Crippen molar-refractivity contribution in [3.8, 4) is 0 Å². The molecule has 2 nitrogen and oxygen atoms in total. The van der Waals surface area contributed by atoms with Crippen LogP contribution in [0.2, 0.25) is 5.02 Å². The molecule has 0 fully saturated rings. The number of rotatable bonds is 2. The maximum atomic E-state index is 13.6. The minimum Gasteiger partial charge on any atom is -0.383 e. The number of hydrogen-bond acceptors (Lipinski definition) is 2. The molecule has 0 saturated heterocycles. The predicted octanol–water partition coefficient (Wildman–Crippen LogP) is 3.72. The first-order chi connectivity index (χ1) is 8.09. The summed E-state index contributed by atoms with van der Waals surface area (Å²) in [5, 5.41) is 10.4. The molecular weight excluding hydrogens is 308 g/mol. The number of aliphatic hydroxyl groups excluding tert-OH is 1. The molecule has 0 aliphatic rings. The van der Waals surface area contributed by atoms with Crippen LogP contribution in [0.25, 0.3) is 0 Å². The van der Waals surface area contributed by atoms with Gasteiger partial charge in [-0.3, -0.25) is 4.98 Å². The summed E-state index contributed by atoms with van der Waals surface area (Å²) < 4.78 is 14.3. The monoisotopic (exact) mass is 315 g/mol. The molecule has 0 bridgehead atoms. The second-order valence-electron chi connectivity index (χ2n) is 3.47. The van der Waals surface area contributed by atoms with Crippen LogP contribution in [0.4, 0.5) is 4.39 Å². The van der Waals surface area contributed by atoms with Crippen LogP contribution in [0, 0.1) is 5.82 Å². The molecule has 0 amide bonds. The lowest BCUT2D eigenvalue weighted by atomic mass is 10.0. The Morgan fingerprint density at radius 2 is 2.06 bits per heavy atom. The maximum Gasteiger partial charge on any atom is 0.129 e. The van der Waals surface area contributed by atoms with Crippen molar-refractivity contribution >= 4 is 27.5 Å². The van der Waals surface area contributed by atoms with Crippen LogP contribution in [-0.2, 0) is 0 Å². The molecule has 1 aromatic carbocycles. The summed E-state index contributed by atoms with van der Waals surface area (Å²) in [4.78, 5) is 3.81. The number of aliphatic hydroxyl groups is 1. The van der Waals surface area contributed by atoms with Crippen molar-refractivity contribution in [2.24, 2.45) is 0 Å². The molecule has 88 valence electrons. The largest absolute Gasteiger partial charge is 0.383 e. The molecule has 1 aromatic heterocycles. The molecule has 1 unspecified atom stereocenters. The first-order valence-electron chi connectivity index (χ1n) is 4.82. The lowest BCUT2D eigenvalue weighted by molar-refractivity contribution is 0.215. The zero-order valence-corrected chi connectivity index (χ0v) is 10.9. The number of pyridine rings is 1. The Labute approximate surface area is 111 Å². The molecule has 0 aliphatic heterocycles. The Hall–Kier alpha value is -0.970. The van der Waals surface area contributed by atoms with E-state index in [1.807, 2.05) is 0 Å². The van der Waals surface area contributed by atoms with Crippen LogP contribution < -0.4 is 0 Å². The van der Waals surface area contributed by atoms with E-state index in [1.165, 1.54) is 24.5 Å². The number of benzene rings is 1. The van der Waals surface area contributed by atoms with Crippen molar-refractivity contribution in [1.82, 2.24) is 4.98 Å². The Balaban J connectivity index is 2.47. The van der Waals surface area contributed by atoms with Crippen molar-refractivity contribution in [2.75, 3.05) is 0 Å². The standard InChI is InChI=1S/C12H8BrClFNO/c13-7-1-2-11(15)9(5-7)12(17)8-3-4-16-6-10(8)14/h1-6,12,17H. The lowest BCUT2D eigenvalue weighted by Gasteiger charge is -2.13. The summed E-state index contributed by atoms with van der Waals surface area (Å²) in [6.07, 6.45) is 1.80. The summed E-state index contributed by atoms with van der Waals surface area (Å²) >= 11 is 9.14. The lowest BCUT2D eigenvalue weighted by Crippen LogP contribution is -2.03. The van der Waals surface area contributed by atoms with Gasteiger partial charge in [-0.05, 0) is 24.3 Å². The van der Waals surface area contributed by atoms with Crippen LogP contribution in [0.3, 0.4) is 0 Å². The number of halogens is 3. The van der Waals surface area contributed by atoms with E-state index < -0.39 is 11.9 Å². The van der Waals surface area contributed by atoms with Gasteiger partial charge in [0.05, 0.1) is 5.02 Å². The van der Waals surface area contributed by atoms with Gasteiger partial charge in [0.25, 0.3) is 0 Å². The molecule has 0 aliphatic carbocycles. The van der Waals surface area contributed by atoms with E-state index in [-0.39, 0.29) is 5.56 Å². The van der Waals surface area contributed by atoms with E-state index in [2.05, 4.69) is 20.9 Å². The summed E-state index contributed by atoms with van der Waals surface area (Å²) in [5.74, 6) is -0.478. The highest BCUT2D eigenvalue weighted by atomic mass is 79.9. The van der Waals surface area contributed by atoms with Crippen LogP contribution in [0.5, 0.6) is 0 Å². The van der Waals surface area contributed by atoms with Crippen molar-refractivity contribution in [3.63, 3.8) is 0 Å². The quantitative estimate of drug-likeness (QED) is 0.916. The minimum atomic E-state index is -1.11. The first-order valence-corrected chi connectivity index (χ1v) is 5.99. The van der Waals surface area contributed by atoms with Crippen molar-refractivity contribution in [1.29, 1.82) is 0 Å². The second kappa shape index (κ2) is 5.12. The summed E-state index contributed by atoms with van der Waals surface area (Å²) in [7, 11) is 0. The van der Waals surface area contributed by atoms with Crippen molar-refractivity contribution < 1.29 is 9.50 Å². The molecule has 2 aromatic rings. The maximum absolute atomic E-state index is 13.6. The zero-order valence-electron chi connectivity index (χ0n) is 8.57. The van der Waals surface area contributed by atoms with E-state index in [9.17, 15) is 9.50 Å². The average Bonchev–Trinajstić information content (AvgIpc) is 2.32. The highest BCUT2D eigenvalue weighted by Crippen LogP contribution is 2.30. The SMILES string of the molecule is OC(c1cc(Br)ccc1F)c1ccncc1Cl. The van der Waals surface area contributed by atoms with Gasteiger partial charge in [0.1, 0.15) is 11.9 Å². The molecule has 17 heavy (non-hydrogen) atoms. The highest BCUT2D eigenvalue weighted by Gasteiger charge is 2.17. The van der Waals surface area contributed by atoms with Gasteiger partial charge in [-0.25, -0.2) is 4.39 Å². The third kappa shape index (κ3) is 2.65.